The summed E-state index contributed by atoms with van der Waals surface area (Å²) in [5, 5.41) is 52.6. The Bertz CT molecular complexity index is 3090. The van der Waals surface area contributed by atoms with Crippen molar-refractivity contribution in [3.63, 3.8) is 0 Å². The Morgan fingerprint density at radius 1 is 0.591 bits per heavy atom. The third kappa shape index (κ3) is 11.8. The van der Waals surface area contributed by atoms with Gasteiger partial charge in [0.1, 0.15) is 51.5 Å². The number of fused-ring (bicyclic) bond motifs is 2. The number of rotatable bonds is 19. The number of carbonyl (C=O) groups is 1. The summed E-state index contributed by atoms with van der Waals surface area (Å²) >= 11 is 0. The number of carbonyl (C=O) groups excluding carboxylic acids is 1. The van der Waals surface area contributed by atoms with Crippen LogP contribution in [0.5, 0.6) is 34.5 Å². The van der Waals surface area contributed by atoms with Crippen molar-refractivity contribution in [3.8, 4) is 34.5 Å². The monoisotopic (exact) mass is 911 g/mol. The largest absolute Gasteiger partial charge is 0.508 e. The number of benzene rings is 7. The third-order valence-corrected chi connectivity index (χ3v) is 10.7. The Morgan fingerprint density at radius 3 is 1.94 bits per heavy atom. The van der Waals surface area contributed by atoms with Gasteiger partial charge in [-0.05, 0) is 122 Å². The second-order valence-corrected chi connectivity index (χ2v) is 16.1. The van der Waals surface area contributed by atoms with Gasteiger partial charge in [-0.25, -0.2) is 0 Å². The molecule has 4 N–H and O–H groups in total. The molecular weight excluding hydrogens is 867 g/mol. The van der Waals surface area contributed by atoms with Gasteiger partial charge in [-0.2, -0.15) is 18.6 Å². The molecule has 0 radical (unpaired) electrons. The zero-order valence-electron chi connectivity index (χ0n) is 36.1. The predicted molar refractivity (Wildman–Crippen MR) is 251 cm³/mol. The average molecular weight is 912 g/mol. The molecule has 0 aromatic heterocycles. The molecule has 0 aliphatic heterocycles. The molecular formula is C48H45N7O10S. The first-order valence-electron chi connectivity index (χ1n) is 20.7. The number of aromatic hydroxyl groups is 2. The van der Waals surface area contributed by atoms with E-state index >= 15 is 0 Å². The van der Waals surface area contributed by atoms with Crippen LogP contribution < -0.4 is 24.3 Å². The van der Waals surface area contributed by atoms with Crippen LogP contribution in [-0.4, -0.2) is 61.8 Å². The fourth-order valence-electron chi connectivity index (χ4n) is 6.64. The van der Waals surface area contributed by atoms with Gasteiger partial charge in [-0.15, -0.1) is 20.5 Å². The summed E-state index contributed by atoms with van der Waals surface area (Å²) < 4.78 is 54.4. The summed E-state index contributed by atoms with van der Waals surface area (Å²) in [6.45, 7) is 4.49. The van der Waals surface area contributed by atoms with Crippen molar-refractivity contribution in [1.29, 1.82) is 0 Å². The first kappa shape index (κ1) is 46.0. The Kier molecular flexibility index (Phi) is 14.8. The number of nitrogens with zero attached hydrogens (tertiary/aromatic N) is 6. The normalized spacial score (nSPS) is 11.8. The van der Waals surface area contributed by atoms with Gasteiger partial charge in [-0.3, -0.25) is 9.35 Å². The van der Waals surface area contributed by atoms with Crippen LogP contribution in [0.4, 0.5) is 39.8 Å². The molecule has 18 heteroatoms. The number of hydrogen-bond donors (Lipinski definition) is 4. The smallest absolute Gasteiger partial charge is 0.264 e. The van der Waals surface area contributed by atoms with Gasteiger partial charge in [0.05, 0.1) is 44.1 Å². The second-order valence-electron chi connectivity index (χ2n) is 14.5. The summed E-state index contributed by atoms with van der Waals surface area (Å²) in [6.07, 6.45) is 0.681. The molecule has 0 spiro atoms. The van der Waals surface area contributed by atoms with Crippen LogP contribution >= 0.6 is 0 Å². The van der Waals surface area contributed by atoms with Crippen molar-refractivity contribution in [1.82, 2.24) is 0 Å². The molecule has 0 fully saturated rings. The topological polar surface area (TPSA) is 235 Å². The number of amides is 1. The van der Waals surface area contributed by atoms with Crippen molar-refractivity contribution < 1.29 is 46.9 Å². The molecule has 7 aromatic rings. The van der Waals surface area contributed by atoms with E-state index in [1.807, 2.05) is 32.0 Å². The molecule has 0 aliphatic carbocycles. The standard InChI is InChI=1S/C48H45N7O10S/c1-4-63-45-29-42(55-53-40-22-12-31-25-35(17-20-37(31)47(40)57)51-50-33-15-18-36(56)19-16-33)46(64-5-2)28-41(45)54-52-39-21-13-32(26-44(39)62-3)48(58)49-34-14-11-30-9-8-10-43(38(30)27-34)65-23-6-7-24-66(59,60)61/h8-22,25-29,56-57H,4-7,23-24H2,1-3H3,(H,49,58)(H,59,60,61). The minimum absolute atomic E-state index is 0.0792. The lowest BCUT2D eigenvalue weighted by atomic mass is 10.1. The summed E-state index contributed by atoms with van der Waals surface area (Å²) in [5.41, 5.74) is 3.16. The Morgan fingerprint density at radius 2 is 1.24 bits per heavy atom. The number of phenolic OH excluding ortho intramolecular Hbond substituents is 2. The fraction of sp³-hybridized carbons (Fsp3) is 0.188. The quantitative estimate of drug-likeness (QED) is 0.0340. The van der Waals surface area contributed by atoms with Gasteiger partial charge in [0.25, 0.3) is 16.0 Å². The number of hydrogen-bond acceptors (Lipinski definition) is 15. The van der Waals surface area contributed by atoms with E-state index in [1.54, 1.807) is 91.0 Å². The van der Waals surface area contributed by atoms with E-state index in [9.17, 15) is 23.4 Å². The van der Waals surface area contributed by atoms with Crippen LogP contribution in [0.2, 0.25) is 0 Å². The summed E-state index contributed by atoms with van der Waals surface area (Å²) in [6, 6.07) is 34.0. The third-order valence-electron chi connectivity index (χ3n) is 9.85. The zero-order valence-corrected chi connectivity index (χ0v) is 36.9. The number of methoxy groups -OCH3 is 1. The summed E-state index contributed by atoms with van der Waals surface area (Å²) in [7, 11) is -2.58. The van der Waals surface area contributed by atoms with Crippen LogP contribution in [0.25, 0.3) is 21.5 Å². The molecule has 1 amide bonds. The maximum absolute atomic E-state index is 13.5. The van der Waals surface area contributed by atoms with E-state index in [4.69, 9.17) is 23.5 Å². The maximum atomic E-state index is 13.5. The van der Waals surface area contributed by atoms with Crippen LogP contribution in [0, 0.1) is 0 Å². The second kappa shape index (κ2) is 21.1. The van der Waals surface area contributed by atoms with Gasteiger partial charge >= 0.3 is 0 Å². The first-order valence-corrected chi connectivity index (χ1v) is 22.4. The van der Waals surface area contributed by atoms with Gasteiger partial charge in [-0.1, -0.05) is 24.3 Å². The average Bonchev–Trinajstić information content (AvgIpc) is 3.31. The fourth-order valence-corrected chi connectivity index (χ4v) is 7.21. The van der Waals surface area contributed by atoms with Crippen molar-refractivity contribution in [2.45, 2.75) is 26.7 Å². The highest BCUT2D eigenvalue weighted by molar-refractivity contribution is 7.85. The SMILES string of the molecule is CCOc1cc(N=Nc2ccc3cc(N=Nc4ccc(O)cc4)ccc3c2O)c(OCC)cc1N=Nc1ccc(C(=O)Nc2ccc3cccc(OCCCCS(=O)(=O)O)c3c2)cc1OC. The summed E-state index contributed by atoms with van der Waals surface area (Å²) in [5.74, 6) is 0.847. The van der Waals surface area contributed by atoms with E-state index < -0.39 is 16.0 Å². The molecule has 0 atom stereocenters. The number of anilines is 1. The highest BCUT2D eigenvalue weighted by Crippen LogP contribution is 2.44. The van der Waals surface area contributed by atoms with Crippen molar-refractivity contribution >= 4 is 77.4 Å². The van der Waals surface area contributed by atoms with E-state index in [-0.39, 0.29) is 41.7 Å². The van der Waals surface area contributed by atoms with Crippen molar-refractivity contribution in [2.24, 2.45) is 30.7 Å². The van der Waals surface area contributed by atoms with Crippen LogP contribution in [0.15, 0.2) is 152 Å². The lowest BCUT2D eigenvalue weighted by Gasteiger charge is -2.12. The van der Waals surface area contributed by atoms with E-state index in [0.29, 0.717) is 87.3 Å². The molecule has 7 rings (SSSR count). The van der Waals surface area contributed by atoms with Crippen molar-refractivity contribution in [3.05, 3.63) is 127 Å². The molecule has 0 aliphatic rings. The van der Waals surface area contributed by atoms with E-state index in [1.165, 1.54) is 19.2 Å². The van der Waals surface area contributed by atoms with Crippen LogP contribution in [0.3, 0.4) is 0 Å². The Hall–Kier alpha value is -7.96. The molecule has 0 unspecified atom stereocenters. The zero-order chi connectivity index (χ0) is 46.6. The van der Waals surface area contributed by atoms with Gasteiger partial charge in [0.15, 0.2) is 5.75 Å². The number of phenols is 2. The maximum Gasteiger partial charge on any atom is 0.264 e. The highest BCUT2D eigenvalue weighted by Gasteiger charge is 2.16. The van der Waals surface area contributed by atoms with Crippen LogP contribution in [0.1, 0.15) is 37.0 Å². The molecule has 0 heterocycles. The first-order chi connectivity index (χ1) is 31.9. The number of azo groups is 3. The van der Waals surface area contributed by atoms with Gasteiger partial charge < -0.3 is 34.5 Å². The van der Waals surface area contributed by atoms with E-state index in [2.05, 4.69) is 36.0 Å². The highest BCUT2D eigenvalue weighted by atomic mass is 32.2. The molecule has 0 saturated carbocycles. The Balaban J connectivity index is 1.06. The molecule has 338 valence electrons. The number of nitrogens with one attached hydrogen (secondary N) is 1. The predicted octanol–water partition coefficient (Wildman–Crippen LogP) is 12.8. The molecule has 66 heavy (non-hydrogen) atoms. The summed E-state index contributed by atoms with van der Waals surface area (Å²) in [4.78, 5) is 13.5. The molecule has 17 nitrogen and oxygen atoms in total. The minimum Gasteiger partial charge on any atom is -0.508 e. The van der Waals surface area contributed by atoms with Gasteiger partial charge in [0, 0.05) is 34.2 Å². The minimum atomic E-state index is -4.03. The number of ether oxygens (including phenoxy) is 4. The lowest BCUT2D eigenvalue weighted by Crippen LogP contribution is -2.12. The van der Waals surface area contributed by atoms with Crippen molar-refractivity contribution in [2.75, 3.05) is 38.0 Å². The lowest BCUT2D eigenvalue weighted by molar-refractivity contribution is 0.102. The number of unbranched alkanes of at least 4 members (excludes halogenated alkanes) is 1. The molecule has 0 bridgehead atoms. The molecule has 0 saturated heterocycles. The van der Waals surface area contributed by atoms with Gasteiger partial charge in [0.2, 0.25) is 0 Å². The van der Waals surface area contributed by atoms with Crippen LogP contribution in [-0.2, 0) is 10.1 Å². The Labute approximate surface area is 379 Å². The molecule has 7 aromatic carbocycles. The van der Waals surface area contributed by atoms with E-state index in [0.717, 1.165) is 10.8 Å².